The molecule has 0 aliphatic carbocycles. The van der Waals surface area contributed by atoms with Crippen LogP contribution in [-0.4, -0.2) is 11.1 Å². The number of carbonyl (C=O) groups excluding carboxylic acids is 1. The molecule has 0 saturated carbocycles. The highest BCUT2D eigenvalue weighted by Crippen LogP contribution is 2.19. The number of carbonyl (C=O) groups is 1. The number of aryl methyl sites for hydroxylation is 1. The summed E-state index contributed by atoms with van der Waals surface area (Å²) in [6.45, 7) is 8.66. The molecule has 0 atom stereocenters. The van der Waals surface area contributed by atoms with Gasteiger partial charge in [0.2, 0.25) is 0 Å². The second kappa shape index (κ2) is 6.92. The Balaban J connectivity index is 0.000000258. The number of nitrogens with two attached hydrogens (primary N) is 1. The average molecular weight is 262 g/mol. The summed E-state index contributed by atoms with van der Waals surface area (Å²) in [6, 6.07) is 5.48. The lowest BCUT2D eigenvalue weighted by Crippen LogP contribution is -2.11. The molecule has 4 nitrogen and oxygen atoms in total. The third kappa shape index (κ3) is 4.39. The monoisotopic (exact) mass is 262 g/mol. The maximum atomic E-state index is 10.9. The molecule has 0 saturated heterocycles. The van der Waals surface area contributed by atoms with Gasteiger partial charge in [0.05, 0.1) is 5.39 Å². The van der Waals surface area contributed by atoms with E-state index < -0.39 is 5.91 Å². The topological polar surface area (TPSA) is 69.1 Å². The van der Waals surface area contributed by atoms with Crippen LogP contribution in [0.3, 0.4) is 0 Å². The molecule has 1 amide bonds. The molecule has 0 bridgehead atoms. The Morgan fingerprint density at radius 3 is 2.58 bits per heavy atom. The number of nitrogens with zero attached hydrogens (tertiary/aromatic N) is 1. The van der Waals surface area contributed by atoms with Gasteiger partial charge in [-0.15, -0.1) is 0 Å². The van der Waals surface area contributed by atoms with E-state index in [1.807, 2.05) is 19.1 Å². The number of hydrogen-bond donors (Lipinski definition) is 1. The number of rotatable bonds is 3. The lowest BCUT2D eigenvalue weighted by atomic mass is 10.1. The molecular weight excluding hydrogens is 240 g/mol. The van der Waals surface area contributed by atoms with Crippen LogP contribution in [0.15, 0.2) is 22.7 Å². The van der Waals surface area contributed by atoms with Crippen molar-refractivity contribution < 1.29 is 9.32 Å². The molecule has 19 heavy (non-hydrogen) atoms. The Hall–Kier alpha value is -1.84. The second-order valence-electron chi connectivity index (χ2n) is 5.08. The van der Waals surface area contributed by atoms with Crippen molar-refractivity contribution in [1.82, 2.24) is 5.16 Å². The van der Waals surface area contributed by atoms with Gasteiger partial charge in [-0.2, -0.15) is 0 Å². The lowest BCUT2D eigenvalue weighted by Gasteiger charge is -1.95. The fourth-order valence-electron chi connectivity index (χ4n) is 1.81. The van der Waals surface area contributed by atoms with Crippen LogP contribution in [0.1, 0.15) is 49.7 Å². The first-order valence-corrected chi connectivity index (χ1v) is 6.61. The Morgan fingerprint density at radius 1 is 1.42 bits per heavy atom. The van der Waals surface area contributed by atoms with Crippen molar-refractivity contribution in [1.29, 1.82) is 0 Å². The summed E-state index contributed by atoms with van der Waals surface area (Å²) in [6.07, 6.45) is 2.71. The van der Waals surface area contributed by atoms with Crippen LogP contribution in [0, 0.1) is 12.8 Å². The van der Waals surface area contributed by atoms with Gasteiger partial charge in [-0.25, -0.2) is 0 Å². The standard InChI is InChI=1S/C9H8N2O2.C6H14/c1-5-2-3-7-6(4-5)8(9(10)12)11-13-7;1-4-5-6(2)3/h2-4H,1H3,(H2,10,12);6H,4-5H2,1-3H3. The Labute approximate surface area is 114 Å². The molecule has 1 heterocycles. The zero-order valence-electron chi connectivity index (χ0n) is 12.1. The normalized spacial score (nSPS) is 10.4. The highest BCUT2D eigenvalue weighted by atomic mass is 16.5. The van der Waals surface area contributed by atoms with Crippen LogP contribution in [0.4, 0.5) is 0 Å². The molecule has 0 aliphatic rings. The van der Waals surface area contributed by atoms with Gasteiger partial charge in [-0.1, -0.05) is 50.4 Å². The van der Waals surface area contributed by atoms with E-state index in [0.29, 0.717) is 11.0 Å². The third-order valence-electron chi connectivity index (χ3n) is 2.72. The number of fused-ring (bicyclic) bond motifs is 1. The Morgan fingerprint density at radius 2 is 2.11 bits per heavy atom. The maximum Gasteiger partial charge on any atom is 0.271 e. The summed E-state index contributed by atoms with van der Waals surface area (Å²) in [5.41, 5.74) is 6.93. The van der Waals surface area contributed by atoms with Gasteiger partial charge in [0.15, 0.2) is 11.3 Å². The van der Waals surface area contributed by atoms with E-state index in [0.717, 1.165) is 11.5 Å². The minimum atomic E-state index is -0.565. The molecule has 0 spiro atoms. The molecular formula is C15H22N2O2. The van der Waals surface area contributed by atoms with Crippen molar-refractivity contribution in [3.63, 3.8) is 0 Å². The smallest absolute Gasteiger partial charge is 0.271 e. The van der Waals surface area contributed by atoms with Gasteiger partial charge in [-0.3, -0.25) is 4.79 Å². The lowest BCUT2D eigenvalue weighted by molar-refractivity contribution is 0.0993. The van der Waals surface area contributed by atoms with Crippen LogP contribution in [-0.2, 0) is 0 Å². The molecule has 0 fully saturated rings. The first-order chi connectivity index (χ1) is 8.95. The number of hydrogen-bond acceptors (Lipinski definition) is 3. The van der Waals surface area contributed by atoms with Gasteiger partial charge in [-0.05, 0) is 25.0 Å². The number of amides is 1. The molecule has 4 heteroatoms. The highest BCUT2D eigenvalue weighted by molar-refractivity contribution is 6.03. The molecule has 1 aromatic carbocycles. The maximum absolute atomic E-state index is 10.9. The Kier molecular flexibility index (Phi) is 5.55. The zero-order valence-corrected chi connectivity index (χ0v) is 12.1. The molecule has 0 radical (unpaired) electrons. The van der Waals surface area contributed by atoms with Crippen molar-refractivity contribution in [3.05, 3.63) is 29.5 Å². The summed E-state index contributed by atoms with van der Waals surface area (Å²) in [5.74, 6) is 0.333. The largest absolute Gasteiger partial charge is 0.364 e. The van der Waals surface area contributed by atoms with E-state index >= 15 is 0 Å². The quantitative estimate of drug-likeness (QED) is 0.917. The summed E-state index contributed by atoms with van der Waals surface area (Å²) < 4.78 is 4.91. The highest BCUT2D eigenvalue weighted by Gasteiger charge is 2.12. The van der Waals surface area contributed by atoms with E-state index in [1.54, 1.807) is 6.07 Å². The van der Waals surface area contributed by atoms with Crippen LogP contribution >= 0.6 is 0 Å². The van der Waals surface area contributed by atoms with E-state index in [-0.39, 0.29) is 5.69 Å². The number of benzene rings is 1. The molecule has 2 N–H and O–H groups in total. The van der Waals surface area contributed by atoms with Crippen LogP contribution in [0.2, 0.25) is 0 Å². The van der Waals surface area contributed by atoms with Gasteiger partial charge in [0.1, 0.15) is 0 Å². The van der Waals surface area contributed by atoms with E-state index in [1.165, 1.54) is 12.8 Å². The first-order valence-electron chi connectivity index (χ1n) is 6.61. The van der Waals surface area contributed by atoms with Crippen molar-refractivity contribution in [2.24, 2.45) is 11.7 Å². The Bertz CT molecular complexity index is 544. The molecule has 0 aliphatic heterocycles. The van der Waals surface area contributed by atoms with Gasteiger partial charge < -0.3 is 10.3 Å². The fourth-order valence-corrected chi connectivity index (χ4v) is 1.81. The first kappa shape index (κ1) is 15.2. The van der Waals surface area contributed by atoms with Crippen molar-refractivity contribution in [3.8, 4) is 0 Å². The summed E-state index contributed by atoms with van der Waals surface area (Å²) in [4.78, 5) is 10.9. The third-order valence-corrected chi connectivity index (χ3v) is 2.72. The van der Waals surface area contributed by atoms with E-state index in [9.17, 15) is 4.79 Å². The van der Waals surface area contributed by atoms with E-state index in [2.05, 4.69) is 25.9 Å². The van der Waals surface area contributed by atoms with Crippen LogP contribution in [0.25, 0.3) is 11.0 Å². The SMILES string of the molecule is CCCC(C)C.Cc1ccc2onc(C(N)=O)c2c1. The van der Waals surface area contributed by atoms with Gasteiger partial charge in [0.25, 0.3) is 5.91 Å². The van der Waals surface area contributed by atoms with Crippen LogP contribution < -0.4 is 5.73 Å². The summed E-state index contributed by atoms with van der Waals surface area (Å²) >= 11 is 0. The van der Waals surface area contributed by atoms with Crippen molar-refractivity contribution in [2.45, 2.75) is 40.5 Å². The average Bonchev–Trinajstić information content (AvgIpc) is 2.72. The summed E-state index contributed by atoms with van der Waals surface area (Å²) in [7, 11) is 0. The molecule has 104 valence electrons. The molecule has 0 unspecified atom stereocenters. The van der Waals surface area contributed by atoms with Crippen molar-refractivity contribution >= 4 is 16.9 Å². The number of aromatic nitrogens is 1. The van der Waals surface area contributed by atoms with Crippen LogP contribution in [0.5, 0.6) is 0 Å². The van der Waals surface area contributed by atoms with Crippen molar-refractivity contribution in [2.75, 3.05) is 0 Å². The van der Waals surface area contributed by atoms with Gasteiger partial charge in [0, 0.05) is 0 Å². The second-order valence-corrected chi connectivity index (χ2v) is 5.08. The molecule has 2 aromatic rings. The van der Waals surface area contributed by atoms with Gasteiger partial charge >= 0.3 is 0 Å². The number of primary amides is 1. The minimum Gasteiger partial charge on any atom is -0.364 e. The molecule has 2 rings (SSSR count). The zero-order chi connectivity index (χ0) is 14.4. The predicted molar refractivity (Wildman–Crippen MR) is 77.0 cm³/mol. The minimum absolute atomic E-state index is 0.193. The summed E-state index contributed by atoms with van der Waals surface area (Å²) in [5, 5.41) is 4.26. The fraction of sp³-hybridized carbons (Fsp3) is 0.467. The molecule has 1 aromatic heterocycles. The van der Waals surface area contributed by atoms with E-state index in [4.69, 9.17) is 10.3 Å². The predicted octanol–water partition coefficient (Wildman–Crippen LogP) is 3.68.